The van der Waals surface area contributed by atoms with E-state index in [-0.39, 0.29) is 36.6 Å². The molecule has 4 heteroatoms. The summed E-state index contributed by atoms with van der Waals surface area (Å²) in [5.74, 6) is 0. The number of ether oxygens (including phenoxy) is 2. The van der Waals surface area contributed by atoms with E-state index in [1.54, 1.807) is 0 Å². The Balaban J connectivity index is 1.51. The molecular formula is C30H58O4. The van der Waals surface area contributed by atoms with Crippen molar-refractivity contribution in [3.63, 3.8) is 0 Å². The molecule has 0 aliphatic carbocycles. The fourth-order valence-electron chi connectivity index (χ4n) is 5.84. The van der Waals surface area contributed by atoms with Crippen molar-refractivity contribution in [1.82, 2.24) is 0 Å². The van der Waals surface area contributed by atoms with Crippen LogP contribution in [0.5, 0.6) is 0 Å². The average Bonchev–Trinajstić information content (AvgIpc) is 3.52. The molecule has 2 aliphatic heterocycles. The van der Waals surface area contributed by atoms with Crippen LogP contribution in [-0.4, -0.2) is 46.8 Å². The molecule has 2 N–H and O–H groups in total. The summed E-state index contributed by atoms with van der Waals surface area (Å²) in [7, 11) is 0. The fourth-order valence-corrected chi connectivity index (χ4v) is 5.84. The lowest BCUT2D eigenvalue weighted by molar-refractivity contribution is -0.110. The highest BCUT2D eigenvalue weighted by Gasteiger charge is 2.40. The zero-order valence-electron chi connectivity index (χ0n) is 22.7. The molecule has 0 aromatic heterocycles. The lowest BCUT2D eigenvalue weighted by Gasteiger charge is -2.24. The lowest BCUT2D eigenvalue weighted by atomic mass is 10.0. The first-order chi connectivity index (χ1) is 16.7. The fraction of sp³-hybridized carbons (Fsp3) is 1.00. The van der Waals surface area contributed by atoms with Crippen LogP contribution in [0.15, 0.2) is 0 Å². The smallest absolute Gasteiger partial charge is 0.0842 e. The number of unbranched alkanes of at least 4 members (excludes halogenated alkanes) is 14. The van der Waals surface area contributed by atoms with Gasteiger partial charge < -0.3 is 19.7 Å². The molecule has 2 aliphatic rings. The van der Waals surface area contributed by atoms with E-state index in [2.05, 4.69) is 13.8 Å². The third-order valence-electron chi connectivity index (χ3n) is 8.15. The van der Waals surface area contributed by atoms with Crippen LogP contribution in [0.2, 0.25) is 0 Å². The molecule has 0 saturated carbocycles. The second-order valence-electron chi connectivity index (χ2n) is 11.2. The summed E-state index contributed by atoms with van der Waals surface area (Å²) in [6.45, 7) is 4.52. The van der Waals surface area contributed by atoms with E-state index in [9.17, 15) is 10.2 Å². The number of aliphatic hydroxyl groups is 2. The Morgan fingerprint density at radius 2 is 0.824 bits per heavy atom. The maximum atomic E-state index is 10.6. The van der Waals surface area contributed by atoms with E-state index in [4.69, 9.17) is 9.47 Å². The highest BCUT2D eigenvalue weighted by molar-refractivity contribution is 4.89. The third kappa shape index (κ3) is 12.2. The van der Waals surface area contributed by atoms with E-state index in [1.807, 2.05) is 0 Å². The van der Waals surface area contributed by atoms with Gasteiger partial charge in [0.25, 0.3) is 0 Å². The number of hydrogen-bond acceptors (Lipinski definition) is 4. The normalized spacial score (nSPS) is 26.8. The first kappa shape index (κ1) is 30.1. The Kier molecular flexibility index (Phi) is 16.8. The minimum atomic E-state index is -0.338. The van der Waals surface area contributed by atoms with Crippen LogP contribution in [0.4, 0.5) is 0 Å². The van der Waals surface area contributed by atoms with Gasteiger partial charge in [-0.2, -0.15) is 0 Å². The van der Waals surface area contributed by atoms with Crippen molar-refractivity contribution in [2.45, 2.75) is 192 Å². The quantitative estimate of drug-likeness (QED) is 0.163. The van der Waals surface area contributed by atoms with Gasteiger partial charge in [-0.1, -0.05) is 117 Å². The van der Waals surface area contributed by atoms with Crippen LogP contribution in [-0.2, 0) is 9.47 Å². The molecule has 2 fully saturated rings. The van der Waals surface area contributed by atoms with E-state index in [0.29, 0.717) is 0 Å². The van der Waals surface area contributed by atoms with Crippen LogP contribution in [0, 0.1) is 0 Å². The highest BCUT2D eigenvalue weighted by atomic mass is 16.6. The average molecular weight is 483 g/mol. The van der Waals surface area contributed by atoms with E-state index >= 15 is 0 Å². The molecule has 34 heavy (non-hydrogen) atoms. The Hall–Kier alpha value is -0.160. The summed E-state index contributed by atoms with van der Waals surface area (Å²) in [4.78, 5) is 0. The molecular weight excluding hydrogens is 424 g/mol. The molecule has 0 aromatic carbocycles. The molecule has 0 unspecified atom stereocenters. The Morgan fingerprint density at radius 1 is 0.500 bits per heavy atom. The largest absolute Gasteiger partial charge is 0.390 e. The van der Waals surface area contributed by atoms with Crippen LogP contribution >= 0.6 is 0 Å². The van der Waals surface area contributed by atoms with Crippen molar-refractivity contribution >= 4 is 0 Å². The molecule has 0 bridgehead atoms. The summed E-state index contributed by atoms with van der Waals surface area (Å²) >= 11 is 0. The summed E-state index contributed by atoms with van der Waals surface area (Å²) in [5, 5.41) is 21.2. The monoisotopic (exact) mass is 482 g/mol. The van der Waals surface area contributed by atoms with Gasteiger partial charge in [0.1, 0.15) is 0 Å². The lowest BCUT2D eigenvalue weighted by Crippen LogP contribution is -2.33. The van der Waals surface area contributed by atoms with Gasteiger partial charge in [0, 0.05) is 0 Å². The van der Waals surface area contributed by atoms with Crippen molar-refractivity contribution in [2.75, 3.05) is 0 Å². The molecule has 0 radical (unpaired) electrons. The van der Waals surface area contributed by atoms with Crippen LogP contribution in [0.1, 0.15) is 155 Å². The second-order valence-corrected chi connectivity index (χ2v) is 11.2. The number of rotatable bonds is 21. The summed E-state index contributed by atoms with van der Waals surface area (Å²) in [5.41, 5.74) is 0. The van der Waals surface area contributed by atoms with Crippen molar-refractivity contribution in [3.8, 4) is 0 Å². The summed E-state index contributed by atoms with van der Waals surface area (Å²) in [6.07, 6.45) is 25.7. The Bertz CT molecular complexity index is 429. The zero-order chi connectivity index (χ0) is 24.4. The topological polar surface area (TPSA) is 58.9 Å². The van der Waals surface area contributed by atoms with Crippen LogP contribution in [0.3, 0.4) is 0 Å². The molecule has 6 atom stereocenters. The Morgan fingerprint density at radius 3 is 1.18 bits per heavy atom. The van der Waals surface area contributed by atoms with Gasteiger partial charge in [0.2, 0.25) is 0 Å². The minimum Gasteiger partial charge on any atom is -0.390 e. The van der Waals surface area contributed by atoms with E-state index < -0.39 is 0 Å². The minimum absolute atomic E-state index is 0.0283. The van der Waals surface area contributed by atoms with Gasteiger partial charge in [0.05, 0.1) is 36.6 Å². The highest BCUT2D eigenvalue weighted by Crippen LogP contribution is 2.34. The molecule has 0 amide bonds. The van der Waals surface area contributed by atoms with Gasteiger partial charge in [0.15, 0.2) is 0 Å². The van der Waals surface area contributed by atoms with Crippen molar-refractivity contribution < 1.29 is 19.7 Å². The van der Waals surface area contributed by atoms with Gasteiger partial charge in [-0.25, -0.2) is 0 Å². The third-order valence-corrected chi connectivity index (χ3v) is 8.15. The molecule has 2 saturated heterocycles. The predicted octanol–water partition coefficient (Wildman–Crippen LogP) is 7.87. The standard InChI is InChI=1S/C30H58O4/c1-3-5-7-9-11-13-15-17-19-25(31)27-21-23-29(33-27)30-24-22-28(34-30)26(32)20-18-16-14-12-10-8-6-4-2/h25-32H,3-24H2,1-2H3/t25-,26-,27-,28-,29-,30-/m0/s1. The maximum absolute atomic E-state index is 10.6. The molecule has 2 rings (SSSR count). The van der Waals surface area contributed by atoms with E-state index in [0.717, 1.165) is 51.4 Å². The first-order valence-electron chi connectivity index (χ1n) is 15.3. The second kappa shape index (κ2) is 19.0. The summed E-state index contributed by atoms with van der Waals surface area (Å²) in [6, 6.07) is 0. The molecule has 0 aromatic rings. The SMILES string of the molecule is CCCCCCCCCC[C@H](O)[C@@H]1CC[C@@H]([C@@H]2CC[C@@H]([C@@H](O)CCCCCCCCCC)O2)O1. The van der Waals surface area contributed by atoms with Gasteiger partial charge in [-0.3, -0.25) is 0 Å². The van der Waals surface area contributed by atoms with Gasteiger partial charge in [-0.05, 0) is 38.5 Å². The summed E-state index contributed by atoms with van der Waals surface area (Å²) < 4.78 is 12.5. The van der Waals surface area contributed by atoms with Crippen molar-refractivity contribution in [1.29, 1.82) is 0 Å². The molecule has 2 heterocycles. The predicted molar refractivity (Wildman–Crippen MR) is 142 cm³/mol. The Labute approximate surface area is 211 Å². The number of hydrogen-bond donors (Lipinski definition) is 2. The number of aliphatic hydroxyl groups excluding tert-OH is 2. The van der Waals surface area contributed by atoms with E-state index in [1.165, 1.54) is 89.9 Å². The van der Waals surface area contributed by atoms with Crippen molar-refractivity contribution in [2.24, 2.45) is 0 Å². The van der Waals surface area contributed by atoms with Crippen LogP contribution in [0.25, 0.3) is 0 Å². The zero-order valence-corrected chi connectivity index (χ0v) is 22.7. The van der Waals surface area contributed by atoms with Crippen LogP contribution < -0.4 is 0 Å². The van der Waals surface area contributed by atoms with Crippen molar-refractivity contribution in [3.05, 3.63) is 0 Å². The molecule has 4 nitrogen and oxygen atoms in total. The molecule has 202 valence electrons. The maximum Gasteiger partial charge on any atom is 0.0842 e. The first-order valence-corrected chi connectivity index (χ1v) is 15.3. The van der Waals surface area contributed by atoms with Gasteiger partial charge in [-0.15, -0.1) is 0 Å². The molecule has 0 spiro atoms. The van der Waals surface area contributed by atoms with Gasteiger partial charge >= 0.3 is 0 Å².